The highest BCUT2D eigenvalue weighted by atomic mass is 32.2. The van der Waals surface area contributed by atoms with Crippen molar-refractivity contribution in [3.05, 3.63) is 66.5 Å². The van der Waals surface area contributed by atoms with Crippen molar-refractivity contribution in [3.63, 3.8) is 0 Å². The number of para-hydroxylation sites is 1. The van der Waals surface area contributed by atoms with Crippen LogP contribution in [-0.4, -0.2) is 47.8 Å². The van der Waals surface area contributed by atoms with Gasteiger partial charge in [0.15, 0.2) is 0 Å². The van der Waals surface area contributed by atoms with E-state index in [-0.39, 0.29) is 23.3 Å². The fourth-order valence-corrected chi connectivity index (χ4v) is 6.31. The second kappa shape index (κ2) is 8.68. The molecule has 0 bridgehead atoms. The molecular formula is C25H28N4O3S. The molecule has 7 nitrogen and oxygen atoms in total. The van der Waals surface area contributed by atoms with E-state index in [4.69, 9.17) is 0 Å². The Morgan fingerprint density at radius 3 is 2.91 bits per heavy atom. The van der Waals surface area contributed by atoms with E-state index in [0.717, 1.165) is 33.8 Å². The molecule has 0 radical (unpaired) electrons. The number of nitrogens with zero attached hydrogens (tertiary/aromatic N) is 2. The largest absolute Gasteiger partial charge is 0.361 e. The number of carbonyl (C=O) groups is 1. The van der Waals surface area contributed by atoms with Gasteiger partial charge in [-0.05, 0) is 55.2 Å². The van der Waals surface area contributed by atoms with Gasteiger partial charge in [-0.1, -0.05) is 18.2 Å². The van der Waals surface area contributed by atoms with Crippen molar-refractivity contribution in [2.75, 3.05) is 19.6 Å². The molecule has 1 amide bonds. The molecule has 2 aromatic carbocycles. The molecule has 1 aliphatic rings. The highest BCUT2D eigenvalue weighted by molar-refractivity contribution is 7.89. The average Bonchev–Trinajstić information content (AvgIpc) is 3.42. The quantitative estimate of drug-likeness (QED) is 0.458. The SMILES string of the molecule is Cn1ccc2cc(S(=O)(=O)N3CCC[C@H](C(=O)NCCc4c[nH]c5ccccc45)C3)ccc21. The molecule has 1 aliphatic heterocycles. The van der Waals surface area contributed by atoms with Gasteiger partial charge >= 0.3 is 0 Å². The summed E-state index contributed by atoms with van der Waals surface area (Å²) in [6, 6.07) is 15.2. The highest BCUT2D eigenvalue weighted by Crippen LogP contribution is 2.27. The third kappa shape index (κ3) is 4.16. The molecule has 0 spiro atoms. The van der Waals surface area contributed by atoms with E-state index in [1.165, 1.54) is 4.31 Å². The lowest BCUT2D eigenvalue weighted by atomic mass is 9.99. The Hall–Kier alpha value is -3.10. The fraction of sp³-hybridized carbons (Fsp3) is 0.320. The van der Waals surface area contributed by atoms with Gasteiger partial charge in [-0.15, -0.1) is 0 Å². The second-order valence-electron chi connectivity index (χ2n) is 8.75. The summed E-state index contributed by atoms with van der Waals surface area (Å²) < 4.78 is 30.0. The van der Waals surface area contributed by atoms with Crippen LogP contribution in [0.4, 0.5) is 0 Å². The summed E-state index contributed by atoms with van der Waals surface area (Å²) in [4.78, 5) is 16.4. The van der Waals surface area contributed by atoms with E-state index in [2.05, 4.69) is 16.4 Å². The zero-order chi connectivity index (χ0) is 23.0. The molecule has 1 atom stereocenters. The Labute approximate surface area is 193 Å². The third-order valence-electron chi connectivity index (χ3n) is 6.62. The minimum absolute atomic E-state index is 0.0757. The van der Waals surface area contributed by atoms with Gasteiger partial charge in [-0.2, -0.15) is 4.31 Å². The van der Waals surface area contributed by atoms with Crippen molar-refractivity contribution >= 4 is 37.7 Å². The zero-order valence-corrected chi connectivity index (χ0v) is 19.4. The number of piperidine rings is 1. The van der Waals surface area contributed by atoms with Crippen LogP contribution in [0.15, 0.2) is 65.8 Å². The van der Waals surface area contributed by atoms with E-state index < -0.39 is 10.0 Å². The number of hydrogen-bond acceptors (Lipinski definition) is 3. The molecule has 2 N–H and O–H groups in total. The number of aromatic nitrogens is 2. The maximum absolute atomic E-state index is 13.3. The molecule has 5 rings (SSSR count). The van der Waals surface area contributed by atoms with Gasteiger partial charge in [0.1, 0.15) is 0 Å². The van der Waals surface area contributed by atoms with E-state index >= 15 is 0 Å². The number of rotatable bonds is 6. The summed E-state index contributed by atoms with van der Waals surface area (Å²) >= 11 is 0. The lowest BCUT2D eigenvalue weighted by molar-refractivity contribution is -0.126. The molecule has 4 aromatic rings. The van der Waals surface area contributed by atoms with E-state index in [1.807, 2.05) is 54.3 Å². The molecule has 0 aliphatic carbocycles. The van der Waals surface area contributed by atoms with Crippen LogP contribution in [0.5, 0.6) is 0 Å². The Kier molecular flexibility index (Phi) is 5.72. The predicted molar refractivity (Wildman–Crippen MR) is 129 cm³/mol. The Morgan fingerprint density at radius 2 is 2.03 bits per heavy atom. The number of amides is 1. The van der Waals surface area contributed by atoms with Crippen LogP contribution < -0.4 is 5.32 Å². The van der Waals surface area contributed by atoms with Crippen LogP contribution in [-0.2, 0) is 28.3 Å². The highest BCUT2D eigenvalue weighted by Gasteiger charge is 2.33. The molecule has 33 heavy (non-hydrogen) atoms. The lowest BCUT2D eigenvalue weighted by Gasteiger charge is -2.31. The van der Waals surface area contributed by atoms with Crippen LogP contribution in [0.2, 0.25) is 0 Å². The summed E-state index contributed by atoms with van der Waals surface area (Å²) in [5, 5.41) is 5.07. The van der Waals surface area contributed by atoms with Crippen LogP contribution in [0.3, 0.4) is 0 Å². The van der Waals surface area contributed by atoms with Crippen molar-refractivity contribution in [1.29, 1.82) is 0 Å². The Bertz CT molecular complexity index is 1420. The number of aryl methyl sites for hydroxylation is 1. The van der Waals surface area contributed by atoms with Crippen molar-refractivity contribution < 1.29 is 13.2 Å². The first-order valence-electron chi connectivity index (χ1n) is 11.3. The summed E-state index contributed by atoms with van der Waals surface area (Å²) in [5.41, 5.74) is 3.23. The number of fused-ring (bicyclic) bond motifs is 2. The first kappa shape index (κ1) is 21.7. The number of nitrogens with one attached hydrogen (secondary N) is 2. The first-order valence-corrected chi connectivity index (χ1v) is 12.8. The Balaban J connectivity index is 1.23. The van der Waals surface area contributed by atoms with Gasteiger partial charge in [0.2, 0.25) is 15.9 Å². The number of carbonyl (C=O) groups excluding carboxylic acids is 1. The van der Waals surface area contributed by atoms with Gasteiger partial charge in [-0.25, -0.2) is 8.42 Å². The summed E-state index contributed by atoms with van der Waals surface area (Å²) in [5.74, 6) is -0.412. The van der Waals surface area contributed by atoms with E-state index in [9.17, 15) is 13.2 Å². The topological polar surface area (TPSA) is 87.2 Å². The van der Waals surface area contributed by atoms with Crippen molar-refractivity contribution in [1.82, 2.24) is 19.2 Å². The molecular weight excluding hydrogens is 436 g/mol. The fourth-order valence-electron chi connectivity index (χ4n) is 4.75. The maximum Gasteiger partial charge on any atom is 0.243 e. The standard InChI is InChI=1S/C25H28N4O3S/c1-28-14-11-18-15-21(8-9-24(18)28)33(31,32)29-13-4-5-20(17-29)25(30)26-12-10-19-16-27-23-7-3-2-6-22(19)23/h2-3,6-9,11,14-16,20,27H,4-5,10,12-13,17H2,1H3,(H,26,30)/t20-/m0/s1. The van der Waals surface area contributed by atoms with Gasteiger partial charge in [0, 0.05) is 60.9 Å². The Morgan fingerprint density at radius 1 is 1.18 bits per heavy atom. The predicted octanol–water partition coefficient (Wildman–Crippen LogP) is 3.42. The number of benzene rings is 2. The minimum atomic E-state index is -3.65. The van der Waals surface area contributed by atoms with Crippen LogP contribution in [0.1, 0.15) is 18.4 Å². The molecule has 1 fully saturated rings. The van der Waals surface area contributed by atoms with Gasteiger partial charge in [0.25, 0.3) is 0 Å². The van der Waals surface area contributed by atoms with E-state index in [1.54, 1.807) is 12.1 Å². The third-order valence-corrected chi connectivity index (χ3v) is 8.48. The number of sulfonamides is 1. The van der Waals surface area contributed by atoms with Crippen molar-refractivity contribution in [2.45, 2.75) is 24.2 Å². The molecule has 0 saturated carbocycles. The molecule has 3 heterocycles. The smallest absolute Gasteiger partial charge is 0.243 e. The normalized spacial score (nSPS) is 17.5. The molecule has 1 saturated heterocycles. The summed E-state index contributed by atoms with van der Waals surface area (Å²) in [6.07, 6.45) is 5.99. The van der Waals surface area contributed by atoms with Crippen molar-refractivity contribution in [2.24, 2.45) is 13.0 Å². The number of aromatic amines is 1. The summed E-state index contributed by atoms with van der Waals surface area (Å²) in [6.45, 7) is 1.18. The number of hydrogen-bond donors (Lipinski definition) is 2. The van der Waals surface area contributed by atoms with Crippen LogP contribution in [0.25, 0.3) is 21.8 Å². The van der Waals surface area contributed by atoms with Gasteiger partial charge in [0.05, 0.1) is 10.8 Å². The molecule has 8 heteroatoms. The first-order chi connectivity index (χ1) is 15.9. The van der Waals surface area contributed by atoms with Crippen LogP contribution >= 0.6 is 0 Å². The molecule has 2 aromatic heterocycles. The van der Waals surface area contributed by atoms with Gasteiger partial charge in [-0.3, -0.25) is 4.79 Å². The maximum atomic E-state index is 13.3. The lowest BCUT2D eigenvalue weighted by Crippen LogP contribution is -2.45. The van der Waals surface area contributed by atoms with Crippen LogP contribution in [0, 0.1) is 5.92 Å². The average molecular weight is 465 g/mol. The molecule has 0 unspecified atom stereocenters. The molecule has 172 valence electrons. The van der Waals surface area contributed by atoms with Crippen molar-refractivity contribution in [3.8, 4) is 0 Å². The summed E-state index contributed by atoms with van der Waals surface area (Å²) in [7, 11) is -1.72. The number of H-pyrrole nitrogens is 1. The minimum Gasteiger partial charge on any atom is -0.361 e. The van der Waals surface area contributed by atoms with Gasteiger partial charge < -0.3 is 14.9 Å². The zero-order valence-electron chi connectivity index (χ0n) is 18.6. The van der Waals surface area contributed by atoms with E-state index in [0.29, 0.717) is 25.9 Å². The monoisotopic (exact) mass is 464 g/mol. The second-order valence-corrected chi connectivity index (χ2v) is 10.7.